The zero-order chi connectivity index (χ0) is 28.8. The molecule has 2 aliphatic rings. The molecule has 0 saturated heterocycles. The van der Waals surface area contributed by atoms with Gasteiger partial charge in [0.15, 0.2) is 17.3 Å². The lowest BCUT2D eigenvalue weighted by Crippen LogP contribution is -2.26. The van der Waals surface area contributed by atoms with Crippen molar-refractivity contribution in [3.63, 3.8) is 0 Å². The highest BCUT2D eigenvalue weighted by atomic mass is 16.5. The van der Waals surface area contributed by atoms with Crippen molar-refractivity contribution in [3.05, 3.63) is 86.9 Å². The van der Waals surface area contributed by atoms with Gasteiger partial charge in [0, 0.05) is 28.7 Å². The van der Waals surface area contributed by atoms with Crippen LogP contribution in [0.2, 0.25) is 0 Å². The monoisotopic (exact) mass is 555 g/mol. The molecule has 1 N–H and O–H groups in total. The molecule has 0 radical (unpaired) electrons. The highest BCUT2D eigenvalue weighted by Crippen LogP contribution is 2.49. The van der Waals surface area contributed by atoms with E-state index in [0.717, 1.165) is 5.39 Å². The summed E-state index contributed by atoms with van der Waals surface area (Å²) >= 11 is 0. The maximum absolute atomic E-state index is 13.5. The lowest BCUT2D eigenvalue weighted by Gasteiger charge is -2.26. The molecule has 2 aliphatic heterocycles. The normalized spacial score (nSPS) is 16.6. The number of pyridine rings is 1. The predicted octanol–water partition coefficient (Wildman–Crippen LogP) is 4.62. The Morgan fingerprint density at radius 2 is 1.66 bits per heavy atom. The van der Waals surface area contributed by atoms with Crippen LogP contribution in [-0.2, 0) is 4.79 Å². The van der Waals surface area contributed by atoms with Crippen LogP contribution in [-0.4, -0.2) is 45.2 Å². The molecule has 10 nitrogen and oxygen atoms in total. The maximum atomic E-state index is 13.5. The van der Waals surface area contributed by atoms with Crippen molar-refractivity contribution in [2.75, 3.05) is 28.4 Å². The van der Waals surface area contributed by atoms with Crippen LogP contribution >= 0.6 is 0 Å². The molecule has 0 bridgehead atoms. The summed E-state index contributed by atoms with van der Waals surface area (Å²) in [4.78, 5) is 42.3. The molecule has 3 aromatic carbocycles. The van der Waals surface area contributed by atoms with Gasteiger partial charge in [-0.05, 0) is 53.9 Å². The molecule has 3 heterocycles. The van der Waals surface area contributed by atoms with Crippen molar-refractivity contribution in [3.8, 4) is 34.5 Å². The highest BCUT2D eigenvalue weighted by Gasteiger charge is 2.39. The number of carbonyl (C=O) groups is 2. The molecular formula is C31H25NO9. The second kappa shape index (κ2) is 10.1. The van der Waals surface area contributed by atoms with Gasteiger partial charge in [-0.25, -0.2) is 0 Å². The number of hydrogen-bond acceptors (Lipinski definition) is 9. The van der Waals surface area contributed by atoms with Crippen LogP contribution in [0.15, 0.2) is 59.1 Å². The van der Waals surface area contributed by atoms with Crippen LogP contribution < -0.4 is 34.0 Å². The van der Waals surface area contributed by atoms with Crippen molar-refractivity contribution < 1.29 is 38.0 Å². The molecule has 1 aromatic heterocycles. The van der Waals surface area contributed by atoms with E-state index in [1.807, 2.05) is 6.07 Å². The summed E-state index contributed by atoms with van der Waals surface area (Å²) in [5, 5.41) is 0.756. The number of ether oxygens (including phenoxy) is 6. The first-order valence-corrected chi connectivity index (χ1v) is 12.7. The Morgan fingerprint density at radius 3 is 2.39 bits per heavy atom. The average molecular weight is 556 g/mol. The van der Waals surface area contributed by atoms with Gasteiger partial charge in [0.1, 0.15) is 17.2 Å². The smallest absolute Gasteiger partial charge is 0.312 e. The molecular weight excluding hydrogens is 530 g/mol. The van der Waals surface area contributed by atoms with Crippen LogP contribution in [0.5, 0.6) is 34.5 Å². The highest BCUT2D eigenvalue weighted by molar-refractivity contribution is 6.15. The molecule has 10 heteroatoms. The van der Waals surface area contributed by atoms with Gasteiger partial charge in [-0.2, -0.15) is 0 Å². The van der Waals surface area contributed by atoms with Crippen molar-refractivity contribution >= 4 is 28.7 Å². The van der Waals surface area contributed by atoms with Gasteiger partial charge in [0.25, 0.3) is 5.56 Å². The van der Waals surface area contributed by atoms with E-state index < -0.39 is 11.9 Å². The number of carbonyl (C=O) groups excluding carboxylic acids is 2. The van der Waals surface area contributed by atoms with Gasteiger partial charge < -0.3 is 33.4 Å². The molecule has 41 heavy (non-hydrogen) atoms. The fourth-order valence-electron chi connectivity index (χ4n) is 5.33. The fourth-order valence-corrected chi connectivity index (χ4v) is 5.33. The zero-order valence-electron chi connectivity index (χ0n) is 22.7. The number of aromatic amines is 1. The summed E-state index contributed by atoms with van der Waals surface area (Å²) in [6.45, 7) is 0. The number of methoxy groups -OCH3 is 4. The number of benzene rings is 3. The van der Waals surface area contributed by atoms with Crippen LogP contribution in [0.25, 0.3) is 17.0 Å². The summed E-state index contributed by atoms with van der Waals surface area (Å²) in [5.74, 6) is 0.732. The van der Waals surface area contributed by atoms with E-state index in [-0.39, 0.29) is 35.0 Å². The van der Waals surface area contributed by atoms with E-state index in [1.165, 1.54) is 21.3 Å². The topological polar surface area (TPSA) is 122 Å². The Balaban J connectivity index is 1.47. The SMILES string of the molecule is COc1ccc2cc(C3CC(=O)Oc4ccc5c(c43)O/C(=C\c3ccc(OC)c(OC)c3OC)C5=O)c(=O)[nH]c2c1. The first kappa shape index (κ1) is 26.0. The number of ketones is 1. The number of Topliss-reactive ketones (excluding diaryl/α,β-unsaturated/α-hetero) is 1. The summed E-state index contributed by atoms with van der Waals surface area (Å²) < 4.78 is 33.3. The maximum Gasteiger partial charge on any atom is 0.312 e. The third-order valence-electron chi connectivity index (χ3n) is 7.26. The first-order valence-electron chi connectivity index (χ1n) is 12.7. The lowest BCUT2D eigenvalue weighted by molar-refractivity contribution is -0.135. The fraction of sp³-hybridized carbons (Fsp3) is 0.194. The molecule has 0 aliphatic carbocycles. The summed E-state index contributed by atoms with van der Waals surface area (Å²) in [7, 11) is 6.03. The van der Waals surface area contributed by atoms with E-state index in [1.54, 1.807) is 55.7 Å². The van der Waals surface area contributed by atoms with E-state index in [0.29, 0.717) is 50.8 Å². The van der Waals surface area contributed by atoms with E-state index in [9.17, 15) is 14.4 Å². The summed E-state index contributed by atoms with van der Waals surface area (Å²) in [6, 6.07) is 13.6. The molecule has 1 atom stereocenters. The van der Waals surface area contributed by atoms with Crippen LogP contribution in [0.3, 0.4) is 0 Å². The third-order valence-corrected chi connectivity index (χ3v) is 7.26. The minimum atomic E-state index is -0.709. The summed E-state index contributed by atoms with van der Waals surface area (Å²) in [5.41, 5.74) is 1.85. The van der Waals surface area contributed by atoms with Crippen molar-refractivity contribution in [2.24, 2.45) is 0 Å². The number of esters is 1. The number of fused-ring (bicyclic) bond motifs is 4. The van der Waals surface area contributed by atoms with Crippen LogP contribution in [0.4, 0.5) is 0 Å². The number of aromatic nitrogens is 1. The third kappa shape index (κ3) is 4.24. The Hall–Kier alpha value is -5.25. The largest absolute Gasteiger partial charge is 0.497 e. The van der Waals surface area contributed by atoms with Gasteiger partial charge >= 0.3 is 5.97 Å². The molecule has 0 amide bonds. The van der Waals surface area contributed by atoms with Gasteiger partial charge in [0.2, 0.25) is 11.5 Å². The molecule has 6 rings (SSSR count). The number of hydrogen-bond donors (Lipinski definition) is 1. The summed E-state index contributed by atoms with van der Waals surface area (Å²) in [6.07, 6.45) is 1.45. The Kier molecular flexibility index (Phi) is 6.37. The molecule has 4 aromatic rings. The van der Waals surface area contributed by atoms with Crippen molar-refractivity contribution in [1.29, 1.82) is 0 Å². The number of H-pyrrole nitrogens is 1. The van der Waals surface area contributed by atoms with Crippen molar-refractivity contribution in [2.45, 2.75) is 12.3 Å². The molecule has 0 saturated carbocycles. The standard InChI is InChI=1S/C31H25NO9/c1-36-17-7-5-15-11-20(31(35)32-21(15)13-17)19-14-25(33)40-22-10-8-18-27(34)24(41-29(18)26(19)22)12-16-6-9-23(37-2)30(39-4)28(16)38-3/h5-13,19H,14H2,1-4H3,(H,32,35)/b24-12-. The van der Waals surface area contributed by atoms with Crippen LogP contribution in [0, 0.1) is 0 Å². The first-order chi connectivity index (χ1) is 19.9. The molecule has 0 spiro atoms. The Labute approximate surface area is 234 Å². The molecule has 1 unspecified atom stereocenters. The Bertz CT molecular complexity index is 1840. The van der Waals surface area contributed by atoms with Gasteiger partial charge in [0.05, 0.1) is 45.9 Å². The van der Waals surface area contributed by atoms with E-state index in [2.05, 4.69) is 4.98 Å². The van der Waals surface area contributed by atoms with Gasteiger partial charge in [-0.1, -0.05) is 0 Å². The van der Waals surface area contributed by atoms with Gasteiger partial charge in [-0.15, -0.1) is 0 Å². The second-order valence-electron chi connectivity index (χ2n) is 9.46. The number of nitrogens with one attached hydrogen (secondary N) is 1. The average Bonchev–Trinajstić information content (AvgIpc) is 3.30. The minimum Gasteiger partial charge on any atom is -0.497 e. The second-order valence-corrected chi connectivity index (χ2v) is 9.46. The molecule has 208 valence electrons. The predicted molar refractivity (Wildman–Crippen MR) is 149 cm³/mol. The van der Waals surface area contributed by atoms with Crippen molar-refractivity contribution in [1.82, 2.24) is 4.98 Å². The number of rotatable bonds is 6. The minimum absolute atomic E-state index is 0.0362. The lowest BCUT2D eigenvalue weighted by atomic mass is 9.85. The van der Waals surface area contributed by atoms with E-state index >= 15 is 0 Å². The quantitative estimate of drug-likeness (QED) is 0.206. The van der Waals surface area contributed by atoms with E-state index in [4.69, 9.17) is 28.4 Å². The zero-order valence-corrected chi connectivity index (χ0v) is 22.7. The van der Waals surface area contributed by atoms with Gasteiger partial charge in [-0.3, -0.25) is 14.4 Å². The Morgan fingerprint density at radius 1 is 0.854 bits per heavy atom. The number of allylic oxidation sites excluding steroid dienone is 1. The van der Waals surface area contributed by atoms with Crippen LogP contribution in [0.1, 0.15) is 39.4 Å². The molecule has 0 fully saturated rings.